The first-order valence-corrected chi connectivity index (χ1v) is 5.98. The van der Waals surface area contributed by atoms with E-state index in [2.05, 4.69) is 33.9 Å². The van der Waals surface area contributed by atoms with Crippen molar-refractivity contribution in [1.29, 1.82) is 0 Å². The molecule has 0 amide bonds. The van der Waals surface area contributed by atoms with Crippen molar-refractivity contribution in [2.75, 3.05) is 13.1 Å². The van der Waals surface area contributed by atoms with Crippen molar-refractivity contribution < 1.29 is 0 Å². The van der Waals surface area contributed by atoms with Gasteiger partial charge in [-0.3, -0.25) is 5.10 Å². The summed E-state index contributed by atoms with van der Waals surface area (Å²) in [5, 5.41) is 10.7. The maximum Gasteiger partial charge on any atom is 0.195 e. The highest BCUT2D eigenvalue weighted by atomic mass is 35.5. The molecule has 2 heterocycles. The Labute approximate surface area is 107 Å². The van der Waals surface area contributed by atoms with Crippen LogP contribution in [0.1, 0.15) is 44.5 Å². The first-order valence-electron chi connectivity index (χ1n) is 5.57. The lowest BCUT2D eigenvalue weighted by Gasteiger charge is -2.23. The molecular formula is C10H19ClN4S. The third-order valence-electron chi connectivity index (χ3n) is 2.95. The van der Waals surface area contributed by atoms with E-state index in [1.807, 2.05) is 0 Å². The molecule has 0 saturated carbocycles. The van der Waals surface area contributed by atoms with E-state index in [1.54, 1.807) is 0 Å². The number of H-pyrrole nitrogens is 1. The largest absolute Gasteiger partial charge is 0.317 e. The molecule has 1 fully saturated rings. The van der Waals surface area contributed by atoms with Crippen LogP contribution in [-0.2, 0) is 0 Å². The van der Waals surface area contributed by atoms with Gasteiger partial charge in [0.2, 0.25) is 0 Å². The third kappa shape index (κ3) is 2.64. The summed E-state index contributed by atoms with van der Waals surface area (Å²) in [6, 6.07) is 0.390. The van der Waals surface area contributed by atoms with Gasteiger partial charge in [0.05, 0.1) is 0 Å². The smallest absolute Gasteiger partial charge is 0.195 e. The van der Waals surface area contributed by atoms with Crippen LogP contribution in [0.5, 0.6) is 0 Å². The Bertz CT molecular complexity index is 378. The minimum atomic E-state index is 0. The number of aromatic nitrogens is 3. The van der Waals surface area contributed by atoms with Gasteiger partial charge >= 0.3 is 0 Å². The van der Waals surface area contributed by atoms with Gasteiger partial charge in [0, 0.05) is 12.0 Å². The molecular weight excluding hydrogens is 244 g/mol. The van der Waals surface area contributed by atoms with Gasteiger partial charge in [0.1, 0.15) is 5.82 Å². The van der Waals surface area contributed by atoms with Crippen LogP contribution in [0.3, 0.4) is 0 Å². The molecule has 16 heavy (non-hydrogen) atoms. The monoisotopic (exact) mass is 262 g/mol. The summed E-state index contributed by atoms with van der Waals surface area (Å²) >= 11 is 5.25. The van der Waals surface area contributed by atoms with Crippen LogP contribution in [-0.4, -0.2) is 27.9 Å². The van der Waals surface area contributed by atoms with Gasteiger partial charge in [-0.05, 0) is 52.0 Å². The van der Waals surface area contributed by atoms with Crippen LogP contribution in [0.4, 0.5) is 0 Å². The van der Waals surface area contributed by atoms with Gasteiger partial charge in [-0.2, -0.15) is 5.10 Å². The van der Waals surface area contributed by atoms with Crippen LogP contribution >= 0.6 is 24.6 Å². The highest BCUT2D eigenvalue weighted by molar-refractivity contribution is 7.71. The van der Waals surface area contributed by atoms with Gasteiger partial charge in [-0.15, -0.1) is 12.4 Å². The Balaban J connectivity index is 0.00000128. The first kappa shape index (κ1) is 13.7. The lowest BCUT2D eigenvalue weighted by Crippen LogP contribution is -2.28. The summed E-state index contributed by atoms with van der Waals surface area (Å²) in [5.74, 6) is 1.69. The first-order chi connectivity index (χ1) is 7.20. The van der Waals surface area contributed by atoms with E-state index in [4.69, 9.17) is 12.2 Å². The van der Waals surface area contributed by atoms with E-state index >= 15 is 0 Å². The van der Waals surface area contributed by atoms with Crippen molar-refractivity contribution in [3.63, 3.8) is 0 Å². The molecule has 2 rings (SSSR count). The molecule has 1 aromatic rings. The zero-order chi connectivity index (χ0) is 10.8. The molecule has 0 spiro atoms. The minimum absolute atomic E-state index is 0. The lowest BCUT2D eigenvalue weighted by molar-refractivity contribution is 0.419. The zero-order valence-corrected chi connectivity index (χ0v) is 11.3. The molecule has 1 aromatic heterocycles. The second kappa shape index (κ2) is 5.80. The van der Waals surface area contributed by atoms with Crippen LogP contribution in [0.2, 0.25) is 0 Å². The predicted molar refractivity (Wildman–Crippen MR) is 69.9 cm³/mol. The summed E-state index contributed by atoms with van der Waals surface area (Å²) in [6.07, 6.45) is 2.32. The fourth-order valence-corrected chi connectivity index (χ4v) is 2.53. The van der Waals surface area contributed by atoms with Gasteiger partial charge in [-0.1, -0.05) is 0 Å². The summed E-state index contributed by atoms with van der Waals surface area (Å²) in [5.41, 5.74) is 0. The molecule has 0 radical (unpaired) electrons. The van der Waals surface area contributed by atoms with Crippen molar-refractivity contribution in [2.24, 2.45) is 0 Å². The Morgan fingerprint density at radius 2 is 2.00 bits per heavy atom. The highest BCUT2D eigenvalue weighted by Gasteiger charge is 2.21. The van der Waals surface area contributed by atoms with Gasteiger partial charge in [-0.25, -0.2) is 0 Å². The second-order valence-electron chi connectivity index (χ2n) is 4.37. The number of halogens is 1. The average molecular weight is 263 g/mol. The molecule has 0 bridgehead atoms. The van der Waals surface area contributed by atoms with E-state index in [0.717, 1.165) is 36.5 Å². The minimum Gasteiger partial charge on any atom is -0.317 e. The summed E-state index contributed by atoms with van der Waals surface area (Å²) in [4.78, 5) is 0. The normalized spacial score (nSPS) is 17.4. The van der Waals surface area contributed by atoms with Crippen LogP contribution in [0.15, 0.2) is 0 Å². The maximum absolute atomic E-state index is 5.25. The Morgan fingerprint density at radius 1 is 1.38 bits per heavy atom. The number of rotatable bonds is 2. The molecule has 0 unspecified atom stereocenters. The molecule has 1 aliphatic heterocycles. The van der Waals surface area contributed by atoms with Gasteiger partial charge < -0.3 is 9.88 Å². The number of hydrogen-bond donors (Lipinski definition) is 2. The van der Waals surface area contributed by atoms with Crippen LogP contribution in [0.25, 0.3) is 0 Å². The number of hydrogen-bond acceptors (Lipinski definition) is 3. The van der Waals surface area contributed by atoms with E-state index < -0.39 is 0 Å². The lowest BCUT2D eigenvalue weighted by atomic mass is 9.97. The van der Waals surface area contributed by atoms with Crippen molar-refractivity contribution >= 4 is 24.6 Å². The van der Waals surface area contributed by atoms with Crippen LogP contribution in [0, 0.1) is 4.77 Å². The zero-order valence-electron chi connectivity index (χ0n) is 9.69. The summed E-state index contributed by atoms with van der Waals surface area (Å²) in [6.45, 7) is 6.47. The van der Waals surface area contributed by atoms with Crippen molar-refractivity contribution in [3.8, 4) is 0 Å². The molecule has 0 atom stereocenters. The molecule has 0 aliphatic carbocycles. The second-order valence-corrected chi connectivity index (χ2v) is 4.76. The van der Waals surface area contributed by atoms with E-state index in [0.29, 0.717) is 12.0 Å². The number of aromatic amines is 1. The summed E-state index contributed by atoms with van der Waals surface area (Å²) < 4.78 is 2.89. The Hall–Kier alpha value is -0.390. The van der Waals surface area contributed by atoms with Crippen LogP contribution < -0.4 is 5.32 Å². The molecule has 0 aromatic carbocycles. The maximum atomic E-state index is 5.25. The van der Waals surface area contributed by atoms with Gasteiger partial charge in [0.15, 0.2) is 4.77 Å². The van der Waals surface area contributed by atoms with Crippen molar-refractivity contribution in [2.45, 2.75) is 38.6 Å². The quantitative estimate of drug-likeness (QED) is 0.805. The molecule has 1 saturated heterocycles. The highest BCUT2D eigenvalue weighted by Crippen LogP contribution is 2.25. The molecule has 2 N–H and O–H groups in total. The fourth-order valence-electron chi connectivity index (χ4n) is 2.18. The molecule has 4 nitrogen and oxygen atoms in total. The standard InChI is InChI=1S/C10H18N4S.ClH/c1-7(2)14-9(12-13-10(14)15)8-3-5-11-6-4-8;/h7-8,11H,3-6H2,1-2H3,(H,13,15);1H. The van der Waals surface area contributed by atoms with E-state index in [-0.39, 0.29) is 12.4 Å². The predicted octanol–water partition coefficient (Wildman–Crippen LogP) is 2.41. The topological polar surface area (TPSA) is 45.6 Å². The Kier molecular flexibility index (Phi) is 4.95. The van der Waals surface area contributed by atoms with Gasteiger partial charge in [0.25, 0.3) is 0 Å². The average Bonchev–Trinajstić information content (AvgIpc) is 2.61. The third-order valence-corrected chi connectivity index (χ3v) is 3.24. The SMILES string of the molecule is CC(C)n1c(C2CCNCC2)n[nH]c1=S.Cl. The molecule has 6 heteroatoms. The number of nitrogens with one attached hydrogen (secondary N) is 2. The summed E-state index contributed by atoms with van der Waals surface area (Å²) in [7, 11) is 0. The number of piperidine rings is 1. The van der Waals surface area contributed by atoms with Crippen molar-refractivity contribution in [1.82, 2.24) is 20.1 Å². The Morgan fingerprint density at radius 3 is 2.56 bits per heavy atom. The van der Waals surface area contributed by atoms with E-state index in [1.165, 1.54) is 0 Å². The number of nitrogens with zero attached hydrogens (tertiary/aromatic N) is 2. The van der Waals surface area contributed by atoms with E-state index in [9.17, 15) is 0 Å². The molecule has 92 valence electrons. The fraction of sp³-hybridized carbons (Fsp3) is 0.800. The van der Waals surface area contributed by atoms with Crippen molar-refractivity contribution in [3.05, 3.63) is 10.6 Å². The molecule has 1 aliphatic rings.